The number of nitrogens with zero attached hydrogens (tertiary/aromatic N) is 2. The van der Waals surface area contributed by atoms with Gasteiger partial charge < -0.3 is 15.8 Å². The summed E-state index contributed by atoms with van der Waals surface area (Å²) in [6, 6.07) is 6.23. The molecular weight excluding hydrogens is 259 g/mol. The summed E-state index contributed by atoms with van der Waals surface area (Å²) in [5.41, 5.74) is 7.89. The van der Waals surface area contributed by atoms with Crippen LogP contribution in [0.2, 0.25) is 0 Å². The summed E-state index contributed by atoms with van der Waals surface area (Å²) in [6.45, 7) is 2.18. The van der Waals surface area contributed by atoms with Crippen LogP contribution >= 0.6 is 0 Å². The van der Waals surface area contributed by atoms with Crippen molar-refractivity contribution in [1.29, 1.82) is 0 Å². The molecule has 6 heteroatoms. The molecule has 1 aromatic carbocycles. The summed E-state index contributed by atoms with van der Waals surface area (Å²) in [4.78, 5) is 0. The number of hydrogen-bond acceptors (Lipinski definition) is 4. The Morgan fingerprint density at radius 2 is 2.15 bits per heavy atom. The lowest BCUT2D eigenvalue weighted by molar-refractivity contribution is 0.367. The van der Waals surface area contributed by atoms with Gasteiger partial charge in [0.05, 0.1) is 30.1 Å². The summed E-state index contributed by atoms with van der Waals surface area (Å²) in [7, 11) is 3.38. The van der Waals surface area contributed by atoms with Crippen molar-refractivity contribution >= 4 is 5.69 Å². The van der Waals surface area contributed by atoms with Crippen molar-refractivity contribution in [1.82, 2.24) is 9.78 Å². The van der Waals surface area contributed by atoms with Gasteiger partial charge in [0, 0.05) is 13.6 Å². The van der Waals surface area contributed by atoms with Gasteiger partial charge in [-0.15, -0.1) is 0 Å². The van der Waals surface area contributed by atoms with Crippen LogP contribution < -0.4 is 15.8 Å². The molecule has 0 radical (unpaired) electrons. The number of hydrogen-bond donors (Lipinski definition) is 2. The van der Waals surface area contributed by atoms with Crippen LogP contribution in [0.5, 0.6) is 5.88 Å². The Kier molecular flexibility index (Phi) is 4.24. The Balaban J connectivity index is 2.36. The fraction of sp³-hybridized carbons (Fsp3) is 0.357. The Bertz CT molecular complexity index is 597. The van der Waals surface area contributed by atoms with E-state index >= 15 is 0 Å². The highest BCUT2D eigenvalue weighted by molar-refractivity contribution is 5.49. The Morgan fingerprint density at radius 1 is 1.45 bits per heavy atom. The van der Waals surface area contributed by atoms with Crippen LogP contribution in [0.15, 0.2) is 24.3 Å². The van der Waals surface area contributed by atoms with E-state index in [1.807, 2.05) is 6.92 Å². The van der Waals surface area contributed by atoms with Gasteiger partial charge in [0.15, 0.2) is 0 Å². The Hall–Kier alpha value is -2.08. The lowest BCUT2D eigenvalue weighted by atomic mass is 10.1. The lowest BCUT2D eigenvalue weighted by Crippen LogP contribution is -2.22. The first-order chi connectivity index (χ1) is 9.58. The molecule has 0 spiro atoms. The Labute approximate surface area is 117 Å². The number of nitrogens with two attached hydrogens (primary N) is 1. The molecule has 3 N–H and O–H groups in total. The topological polar surface area (TPSA) is 65.1 Å². The summed E-state index contributed by atoms with van der Waals surface area (Å²) in [5, 5.41) is 7.43. The highest BCUT2D eigenvalue weighted by Crippen LogP contribution is 2.30. The molecule has 1 atom stereocenters. The van der Waals surface area contributed by atoms with Crippen LogP contribution in [0, 0.1) is 12.7 Å². The number of methoxy groups -OCH3 is 1. The van der Waals surface area contributed by atoms with E-state index in [0.29, 0.717) is 18.1 Å². The molecule has 0 aliphatic carbocycles. The van der Waals surface area contributed by atoms with Crippen molar-refractivity contribution < 1.29 is 9.13 Å². The largest absolute Gasteiger partial charge is 0.481 e. The van der Waals surface area contributed by atoms with E-state index in [9.17, 15) is 4.39 Å². The third kappa shape index (κ3) is 2.60. The number of nitrogens with one attached hydrogen (secondary N) is 1. The van der Waals surface area contributed by atoms with Gasteiger partial charge in [-0.3, -0.25) is 0 Å². The van der Waals surface area contributed by atoms with Crippen LogP contribution in [0.1, 0.15) is 17.3 Å². The molecule has 108 valence electrons. The maximum absolute atomic E-state index is 13.7. The molecule has 0 amide bonds. The molecular formula is C14H19FN4O. The van der Waals surface area contributed by atoms with E-state index in [2.05, 4.69) is 10.4 Å². The maximum Gasteiger partial charge on any atom is 0.216 e. The second kappa shape index (κ2) is 5.92. The van der Waals surface area contributed by atoms with Crippen LogP contribution in [0.3, 0.4) is 0 Å². The molecule has 20 heavy (non-hydrogen) atoms. The second-order valence-corrected chi connectivity index (χ2v) is 4.54. The van der Waals surface area contributed by atoms with E-state index < -0.39 is 0 Å². The standard InChI is InChI=1S/C14H19FN4O/c1-9-13(14(20-3)19(2)18-9)12(8-16)17-11-7-5-4-6-10(11)15/h4-7,12,17H,8,16H2,1-3H3. The van der Waals surface area contributed by atoms with Crippen molar-refractivity contribution in [2.75, 3.05) is 19.0 Å². The number of rotatable bonds is 5. The highest BCUT2D eigenvalue weighted by atomic mass is 19.1. The van der Waals surface area contributed by atoms with Gasteiger partial charge in [-0.25, -0.2) is 9.07 Å². The smallest absolute Gasteiger partial charge is 0.216 e. The number of ether oxygens (including phenoxy) is 1. The van der Waals surface area contributed by atoms with Gasteiger partial charge >= 0.3 is 0 Å². The van der Waals surface area contributed by atoms with Crippen LogP contribution in [0.4, 0.5) is 10.1 Å². The molecule has 0 fully saturated rings. The molecule has 1 aromatic heterocycles. The predicted molar refractivity (Wildman–Crippen MR) is 76.3 cm³/mol. The monoisotopic (exact) mass is 278 g/mol. The van der Waals surface area contributed by atoms with Gasteiger partial charge in [-0.2, -0.15) is 5.10 Å². The number of aryl methyl sites for hydroxylation is 2. The third-order valence-corrected chi connectivity index (χ3v) is 3.20. The summed E-state index contributed by atoms with van der Waals surface area (Å²) >= 11 is 0. The fourth-order valence-electron chi connectivity index (χ4n) is 2.31. The minimum absolute atomic E-state index is 0.268. The molecule has 1 unspecified atom stereocenters. The van der Waals surface area contributed by atoms with Gasteiger partial charge in [0.2, 0.25) is 5.88 Å². The van der Waals surface area contributed by atoms with Crippen molar-refractivity contribution in [2.45, 2.75) is 13.0 Å². The molecule has 0 bridgehead atoms. The molecule has 0 saturated heterocycles. The number of aromatic nitrogens is 2. The van der Waals surface area contributed by atoms with Crippen LogP contribution in [0.25, 0.3) is 0 Å². The number of anilines is 1. The molecule has 2 rings (SSSR count). The van der Waals surface area contributed by atoms with E-state index in [4.69, 9.17) is 10.5 Å². The summed E-state index contributed by atoms with van der Waals surface area (Å²) in [6.07, 6.45) is 0. The zero-order valence-corrected chi connectivity index (χ0v) is 11.9. The normalized spacial score (nSPS) is 12.2. The first-order valence-corrected chi connectivity index (χ1v) is 6.37. The van der Waals surface area contributed by atoms with Gasteiger partial charge in [0.25, 0.3) is 0 Å². The summed E-state index contributed by atoms with van der Waals surface area (Å²) in [5.74, 6) is 0.313. The predicted octanol–water partition coefficient (Wildman–Crippen LogP) is 1.99. The number of halogens is 1. The van der Waals surface area contributed by atoms with Gasteiger partial charge in [-0.1, -0.05) is 12.1 Å². The van der Waals surface area contributed by atoms with E-state index in [-0.39, 0.29) is 11.9 Å². The lowest BCUT2D eigenvalue weighted by Gasteiger charge is -2.19. The minimum Gasteiger partial charge on any atom is -0.481 e. The second-order valence-electron chi connectivity index (χ2n) is 4.54. The van der Waals surface area contributed by atoms with Crippen molar-refractivity contribution in [3.05, 3.63) is 41.3 Å². The fourth-order valence-corrected chi connectivity index (χ4v) is 2.31. The summed E-state index contributed by atoms with van der Waals surface area (Å²) < 4.78 is 20.7. The average molecular weight is 278 g/mol. The maximum atomic E-state index is 13.7. The molecule has 1 heterocycles. The third-order valence-electron chi connectivity index (χ3n) is 3.20. The molecule has 5 nitrogen and oxygen atoms in total. The molecule has 0 aliphatic heterocycles. The molecule has 0 aliphatic rings. The molecule has 2 aromatic rings. The first kappa shape index (κ1) is 14.3. The Morgan fingerprint density at radius 3 is 2.75 bits per heavy atom. The van der Waals surface area contributed by atoms with Gasteiger partial charge in [0.1, 0.15) is 5.82 Å². The number of benzene rings is 1. The molecule has 0 saturated carbocycles. The minimum atomic E-state index is -0.313. The quantitative estimate of drug-likeness (QED) is 0.878. The van der Waals surface area contributed by atoms with Crippen LogP contribution in [-0.4, -0.2) is 23.4 Å². The van der Waals surface area contributed by atoms with Crippen molar-refractivity contribution in [3.8, 4) is 5.88 Å². The van der Waals surface area contributed by atoms with Crippen LogP contribution in [-0.2, 0) is 7.05 Å². The van der Waals surface area contributed by atoms with E-state index in [1.165, 1.54) is 6.07 Å². The SMILES string of the molecule is COc1c(C(CN)Nc2ccccc2F)c(C)nn1C. The number of para-hydroxylation sites is 1. The van der Waals surface area contributed by atoms with Gasteiger partial charge in [-0.05, 0) is 19.1 Å². The van der Waals surface area contributed by atoms with E-state index in [0.717, 1.165) is 11.3 Å². The first-order valence-electron chi connectivity index (χ1n) is 6.37. The zero-order chi connectivity index (χ0) is 14.7. The van der Waals surface area contributed by atoms with Crippen molar-refractivity contribution in [2.24, 2.45) is 12.8 Å². The average Bonchev–Trinajstić information content (AvgIpc) is 2.72. The highest BCUT2D eigenvalue weighted by Gasteiger charge is 2.22. The zero-order valence-electron chi connectivity index (χ0n) is 11.9. The van der Waals surface area contributed by atoms with E-state index in [1.54, 1.807) is 37.0 Å². The van der Waals surface area contributed by atoms with Crippen molar-refractivity contribution in [3.63, 3.8) is 0 Å².